The molecule has 0 aliphatic carbocycles. The van der Waals surface area contributed by atoms with Crippen molar-refractivity contribution in [2.24, 2.45) is 0 Å². The zero-order valence-electron chi connectivity index (χ0n) is 26.7. The monoisotopic (exact) mass is 980 g/mol. The first-order chi connectivity index (χ1) is 24.2. The van der Waals surface area contributed by atoms with Crippen LogP contribution in [-0.4, -0.2) is 81.0 Å². The van der Waals surface area contributed by atoms with Crippen LogP contribution in [0.1, 0.15) is 0 Å². The van der Waals surface area contributed by atoms with Gasteiger partial charge in [-0.15, -0.1) is 0 Å². The Morgan fingerprint density at radius 3 is 0.857 bits per heavy atom. The van der Waals surface area contributed by atoms with Gasteiger partial charge < -0.3 is 0 Å². The molecule has 0 spiro atoms. The van der Waals surface area contributed by atoms with Gasteiger partial charge in [-0.3, -0.25) is 0 Å². The first-order valence-electron chi connectivity index (χ1n) is 15.8. The Labute approximate surface area is 326 Å². The van der Waals surface area contributed by atoms with E-state index in [4.69, 9.17) is 0 Å². The molecule has 0 atom stereocenters. The molecule has 0 radical (unpaired) electrons. The molecule has 7 aromatic carbocycles. The molecule has 0 bridgehead atoms. The van der Waals surface area contributed by atoms with Gasteiger partial charge in [0.25, 0.3) is 0 Å². The third-order valence-electron chi connectivity index (χ3n) is 7.47. The van der Waals surface area contributed by atoms with Gasteiger partial charge in [0.1, 0.15) is 0 Å². The fourth-order valence-corrected chi connectivity index (χ4v) is 20.7. The number of hydrogen-bond acceptors (Lipinski definition) is 1. The summed E-state index contributed by atoms with van der Waals surface area (Å²) in [4.78, 5) is 1.31. The van der Waals surface area contributed by atoms with Gasteiger partial charge in [0, 0.05) is 0 Å². The van der Waals surface area contributed by atoms with Crippen LogP contribution in [0.15, 0.2) is 181 Å². The average Bonchev–Trinajstić information content (AvgIpc) is 3.17. The molecule has 0 unspecified atom stereocenters. The summed E-state index contributed by atoms with van der Waals surface area (Å²) in [7, 11) is 0. The summed E-state index contributed by atoms with van der Waals surface area (Å²) < 4.78 is 15.2. The SMILES string of the molecule is CSc1ccc(-c2c([Se]c3ccccc3)c([Se]c3ccccc3)c([Se]c3ccccc3)c([Se]c3ccccc3)c2[Se]c2ccccc2)cc1. The van der Waals surface area contributed by atoms with Crippen LogP contribution < -0.4 is 44.6 Å². The molecule has 0 aromatic heterocycles. The van der Waals surface area contributed by atoms with Crippen LogP contribution in [0.5, 0.6) is 0 Å². The zero-order chi connectivity index (χ0) is 33.3. The third-order valence-corrected chi connectivity index (χ3v) is 22.6. The molecule has 7 aromatic rings. The Morgan fingerprint density at radius 2 is 0.571 bits per heavy atom. The minimum atomic E-state index is 0.127. The van der Waals surface area contributed by atoms with E-state index in [0.717, 1.165) is 0 Å². The van der Waals surface area contributed by atoms with Gasteiger partial charge >= 0.3 is 329 Å². The van der Waals surface area contributed by atoms with Crippen molar-refractivity contribution in [2.75, 3.05) is 6.26 Å². The van der Waals surface area contributed by atoms with E-state index in [9.17, 15) is 0 Å². The van der Waals surface area contributed by atoms with E-state index >= 15 is 0 Å². The van der Waals surface area contributed by atoms with Crippen molar-refractivity contribution in [3.63, 3.8) is 0 Å². The Balaban J connectivity index is 1.60. The van der Waals surface area contributed by atoms with Crippen LogP contribution in [0.3, 0.4) is 0 Å². The summed E-state index contributed by atoms with van der Waals surface area (Å²) in [5.41, 5.74) is 2.85. The molecule has 0 heterocycles. The normalized spacial score (nSPS) is 11.0. The molecule has 7 rings (SSSR count). The Hall–Kier alpha value is -2.51. The maximum absolute atomic E-state index is 2.40. The van der Waals surface area contributed by atoms with Gasteiger partial charge in [0.15, 0.2) is 0 Å². The van der Waals surface area contributed by atoms with Crippen LogP contribution in [-0.2, 0) is 0 Å². The molecule has 0 amide bonds. The fourth-order valence-electron chi connectivity index (χ4n) is 5.16. The van der Waals surface area contributed by atoms with Crippen LogP contribution in [0, 0.1) is 0 Å². The molecule has 0 saturated heterocycles. The van der Waals surface area contributed by atoms with Crippen molar-refractivity contribution in [1.29, 1.82) is 0 Å². The van der Waals surface area contributed by atoms with Gasteiger partial charge in [-0.05, 0) is 0 Å². The summed E-state index contributed by atoms with van der Waals surface area (Å²) >= 11 is 2.52. The minimum absolute atomic E-state index is 0.127. The summed E-state index contributed by atoms with van der Waals surface area (Å²) in [5.74, 6) is 0. The summed E-state index contributed by atoms with van der Waals surface area (Å²) in [6, 6.07) is 65.7. The number of rotatable bonds is 12. The van der Waals surface area contributed by atoms with Gasteiger partial charge in [-0.2, -0.15) is 0 Å². The van der Waals surface area contributed by atoms with E-state index in [1.807, 2.05) is 11.8 Å². The van der Waals surface area contributed by atoms with Crippen molar-refractivity contribution in [3.05, 3.63) is 176 Å². The van der Waals surface area contributed by atoms with E-state index in [0.29, 0.717) is 0 Å². The molecule has 0 aliphatic heterocycles. The van der Waals surface area contributed by atoms with Gasteiger partial charge in [-0.1, -0.05) is 0 Å². The molecule has 6 heteroatoms. The number of hydrogen-bond donors (Lipinski definition) is 0. The van der Waals surface area contributed by atoms with E-state index in [1.54, 1.807) is 22.3 Å². The van der Waals surface area contributed by atoms with Crippen molar-refractivity contribution in [3.8, 4) is 11.1 Å². The van der Waals surface area contributed by atoms with E-state index in [-0.39, 0.29) is 74.8 Å². The Kier molecular flexibility index (Phi) is 12.6. The summed E-state index contributed by atoms with van der Waals surface area (Å²) in [6.07, 6.45) is 2.17. The van der Waals surface area contributed by atoms with E-state index in [1.165, 1.54) is 38.3 Å². The molecule has 0 aliphatic rings. The van der Waals surface area contributed by atoms with Crippen molar-refractivity contribution >= 4 is 131 Å². The topological polar surface area (TPSA) is 0 Å². The molecule has 0 fully saturated rings. The maximum atomic E-state index is 2.40. The zero-order valence-corrected chi connectivity index (χ0v) is 36.1. The van der Waals surface area contributed by atoms with Crippen LogP contribution in [0.25, 0.3) is 11.1 Å². The van der Waals surface area contributed by atoms with E-state index < -0.39 is 0 Å². The second kappa shape index (κ2) is 17.6. The predicted octanol–water partition coefficient (Wildman–Crippen LogP) is 2.35. The fraction of sp³-hybridized carbons (Fsp3) is 0.0233. The molecular weight excluding hydrogens is 943 g/mol. The van der Waals surface area contributed by atoms with Crippen molar-refractivity contribution < 1.29 is 0 Å². The third kappa shape index (κ3) is 9.05. The second-order valence-electron chi connectivity index (χ2n) is 10.8. The quantitative estimate of drug-likeness (QED) is 0.134. The Bertz CT molecular complexity index is 1980. The molecule has 49 heavy (non-hydrogen) atoms. The van der Waals surface area contributed by atoms with Gasteiger partial charge in [-0.25, -0.2) is 0 Å². The van der Waals surface area contributed by atoms with Crippen molar-refractivity contribution in [2.45, 2.75) is 4.90 Å². The molecule has 0 nitrogen and oxygen atoms in total. The first kappa shape index (κ1) is 34.9. The van der Waals surface area contributed by atoms with E-state index in [2.05, 4.69) is 182 Å². The molecule has 240 valence electrons. The Morgan fingerprint density at radius 1 is 0.306 bits per heavy atom. The molecular formula is C43H32SSe5. The van der Waals surface area contributed by atoms with Crippen LogP contribution in [0.4, 0.5) is 0 Å². The number of thioether (sulfide) groups is 1. The summed E-state index contributed by atoms with van der Waals surface area (Å²) in [5, 5.41) is 0. The van der Waals surface area contributed by atoms with Gasteiger partial charge in [0.2, 0.25) is 0 Å². The molecule has 0 saturated carbocycles. The average molecular weight is 976 g/mol. The van der Waals surface area contributed by atoms with Crippen LogP contribution in [0.2, 0.25) is 0 Å². The van der Waals surface area contributed by atoms with Gasteiger partial charge in [0.05, 0.1) is 0 Å². The van der Waals surface area contributed by atoms with Crippen molar-refractivity contribution in [1.82, 2.24) is 0 Å². The standard InChI is InChI=1S/C43H32SSe5/c1-44-32-29-27-31(28-30-32)38-39(45-33-17-7-2-8-18-33)41(47-35-21-11-4-12-22-35)43(49-37-25-15-6-16-26-37)42(48-36-23-13-5-14-24-36)40(38)46-34-19-9-3-10-20-34/h2-30H,1H3. The summed E-state index contributed by atoms with van der Waals surface area (Å²) in [6.45, 7) is 0. The first-order valence-corrected chi connectivity index (χ1v) is 25.6. The van der Waals surface area contributed by atoms with Crippen LogP contribution >= 0.6 is 11.8 Å². The number of benzene rings is 7. The predicted molar refractivity (Wildman–Crippen MR) is 221 cm³/mol. The molecule has 0 N–H and O–H groups in total. The second-order valence-corrected chi connectivity index (χ2v) is 23.1.